The predicted octanol–water partition coefficient (Wildman–Crippen LogP) is 2.56. The van der Waals surface area contributed by atoms with E-state index >= 15 is 0 Å². The van der Waals surface area contributed by atoms with Crippen LogP contribution in [0.3, 0.4) is 0 Å². The van der Waals surface area contributed by atoms with Crippen LogP contribution in [0.2, 0.25) is 0 Å². The quantitative estimate of drug-likeness (QED) is 0.607. The molecule has 1 aromatic rings. The molecule has 0 radical (unpaired) electrons. The second kappa shape index (κ2) is 9.93. The molecule has 2 fully saturated rings. The number of guanidine groups is 1. The van der Waals surface area contributed by atoms with Crippen molar-refractivity contribution in [3.8, 4) is 0 Å². The zero-order valence-electron chi connectivity index (χ0n) is 16.3. The zero-order chi connectivity index (χ0) is 18.2. The number of nitrogens with zero attached hydrogens (tertiary/aromatic N) is 3. The summed E-state index contributed by atoms with van der Waals surface area (Å²) in [6, 6.07) is 9.37. The number of likely N-dealkylation sites (N-methyl/N-ethyl adjacent to an activating group) is 1. The van der Waals surface area contributed by atoms with Crippen LogP contribution in [-0.2, 0) is 13.1 Å². The molecule has 0 aromatic heterocycles. The first-order valence-corrected chi connectivity index (χ1v) is 10.3. The van der Waals surface area contributed by atoms with Crippen molar-refractivity contribution in [2.24, 2.45) is 10.7 Å². The zero-order valence-corrected chi connectivity index (χ0v) is 16.3. The van der Waals surface area contributed by atoms with Crippen LogP contribution in [-0.4, -0.2) is 54.5 Å². The Morgan fingerprint density at radius 2 is 1.62 bits per heavy atom. The molecule has 0 atom stereocenters. The summed E-state index contributed by atoms with van der Waals surface area (Å²) < 4.78 is 0. The summed E-state index contributed by atoms with van der Waals surface area (Å²) in [4.78, 5) is 9.58. The third-order valence-corrected chi connectivity index (χ3v) is 5.73. The minimum Gasteiger partial charge on any atom is -0.370 e. The molecular formula is C21H35N5. The van der Waals surface area contributed by atoms with E-state index in [9.17, 15) is 0 Å². The van der Waals surface area contributed by atoms with Crippen LogP contribution in [0, 0.1) is 0 Å². The van der Waals surface area contributed by atoms with Gasteiger partial charge >= 0.3 is 0 Å². The smallest absolute Gasteiger partial charge is 0.189 e. The molecule has 2 aliphatic rings. The van der Waals surface area contributed by atoms with Gasteiger partial charge in [-0.05, 0) is 30.5 Å². The van der Waals surface area contributed by atoms with E-state index in [0.29, 0.717) is 18.5 Å². The van der Waals surface area contributed by atoms with Crippen LogP contribution in [0.25, 0.3) is 0 Å². The number of nitrogens with one attached hydrogen (secondary N) is 1. The largest absolute Gasteiger partial charge is 0.370 e. The fourth-order valence-corrected chi connectivity index (χ4v) is 3.95. The van der Waals surface area contributed by atoms with Gasteiger partial charge in [0.05, 0.1) is 6.54 Å². The third-order valence-electron chi connectivity index (χ3n) is 5.73. The monoisotopic (exact) mass is 357 g/mol. The van der Waals surface area contributed by atoms with Gasteiger partial charge in [-0.15, -0.1) is 0 Å². The lowest BCUT2D eigenvalue weighted by Gasteiger charge is -2.34. The van der Waals surface area contributed by atoms with E-state index in [-0.39, 0.29) is 0 Å². The molecule has 0 spiro atoms. The fourth-order valence-electron chi connectivity index (χ4n) is 3.95. The van der Waals surface area contributed by atoms with Crippen LogP contribution in [0.1, 0.15) is 50.2 Å². The molecule has 144 valence electrons. The number of aliphatic imine (C=N–C) groups is 1. The number of benzene rings is 1. The SMILES string of the molecule is CCN1CCN(Cc2ccc(CN=C(N)NC3CCCCC3)cc2)CC1. The van der Waals surface area contributed by atoms with Gasteiger partial charge in [-0.2, -0.15) is 0 Å². The molecule has 3 N–H and O–H groups in total. The van der Waals surface area contributed by atoms with E-state index in [0.717, 1.165) is 6.54 Å². The molecule has 1 aromatic carbocycles. The second-order valence-electron chi connectivity index (χ2n) is 7.71. The van der Waals surface area contributed by atoms with Gasteiger partial charge in [0, 0.05) is 38.8 Å². The molecule has 5 nitrogen and oxygen atoms in total. The van der Waals surface area contributed by atoms with Crippen molar-refractivity contribution in [3.63, 3.8) is 0 Å². The Kier molecular flexibility index (Phi) is 7.32. The molecule has 1 aliphatic heterocycles. The second-order valence-corrected chi connectivity index (χ2v) is 7.71. The van der Waals surface area contributed by atoms with Gasteiger partial charge in [-0.25, -0.2) is 4.99 Å². The first-order valence-electron chi connectivity index (χ1n) is 10.3. The number of hydrogen-bond acceptors (Lipinski definition) is 3. The van der Waals surface area contributed by atoms with Crippen molar-refractivity contribution in [1.82, 2.24) is 15.1 Å². The predicted molar refractivity (Wildman–Crippen MR) is 109 cm³/mol. The molecule has 5 heteroatoms. The van der Waals surface area contributed by atoms with E-state index in [1.165, 1.54) is 76.0 Å². The van der Waals surface area contributed by atoms with Crippen LogP contribution < -0.4 is 11.1 Å². The summed E-state index contributed by atoms with van der Waals surface area (Å²) in [6.07, 6.45) is 6.41. The fraction of sp³-hybridized carbons (Fsp3) is 0.667. The minimum absolute atomic E-state index is 0.517. The molecule has 1 saturated carbocycles. The van der Waals surface area contributed by atoms with Crippen LogP contribution >= 0.6 is 0 Å². The Balaban J connectivity index is 1.43. The van der Waals surface area contributed by atoms with E-state index in [1.54, 1.807) is 0 Å². The Morgan fingerprint density at radius 3 is 2.27 bits per heavy atom. The molecule has 1 saturated heterocycles. The first kappa shape index (κ1) is 19.2. The lowest BCUT2D eigenvalue weighted by atomic mass is 9.96. The van der Waals surface area contributed by atoms with Crippen LogP contribution in [0.15, 0.2) is 29.3 Å². The number of piperazine rings is 1. The highest BCUT2D eigenvalue weighted by Crippen LogP contribution is 2.17. The maximum absolute atomic E-state index is 6.06. The lowest BCUT2D eigenvalue weighted by Crippen LogP contribution is -2.45. The Bertz CT molecular complexity index is 554. The molecule has 0 bridgehead atoms. The van der Waals surface area contributed by atoms with Gasteiger partial charge in [0.1, 0.15) is 0 Å². The summed E-state index contributed by atoms with van der Waals surface area (Å²) >= 11 is 0. The topological polar surface area (TPSA) is 56.9 Å². The number of rotatable bonds is 6. The maximum atomic E-state index is 6.06. The molecule has 1 heterocycles. The minimum atomic E-state index is 0.517. The highest BCUT2D eigenvalue weighted by molar-refractivity contribution is 5.78. The Labute approximate surface area is 158 Å². The van der Waals surface area contributed by atoms with E-state index < -0.39 is 0 Å². The van der Waals surface area contributed by atoms with Crippen LogP contribution in [0.5, 0.6) is 0 Å². The molecule has 26 heavy (non-hydrogen) atoms. The van der Waals surface area contributed by atoms with Crippen molar-refractivity contribution in [2.45, 2.75) is 58.2 Å². The average Bonchev–Trinajstić information content (AvgIpc) is 2.69. The third kappa shape index (κ3) is 5.99. The van der Waals surface area contributed by atoms with E-state index in [2.05, 4.69) is 51.3 Å². The molecule has 0 amide bonds. The highest BCUT2D eigenvalue weighted by atomic mass is 15.3. The van der Waals surface area contributed by atoms with Gasteiger partial charge in [0.15, 0.2) is 5.96 Å². The number of nitrogens with two attached hydrogens (primary N) is 1. The molecule has 1 aliphatic carbocycles. The average molecular weight is 358 g/mol. The summed E-state index contributed by atoms with van der Waals surface area (Å²) in [5, 5.41) is 3.38. The standard InChI is InChI=1S/C21H35N5/c1-2-25-12-14-26(15-13-25)17-19-10-8-18(9-11-19)16-23-21(22)24-20-6-4-3-5-7-20/h8-11,20H,2-7,12-17H2,1H3,(H3,22,23,24). The molecular weight excluding hydrogens is 322 g/mol. The molecule has 3 rings (SSSR count). The summed E-state index contributed by atoms with van der Waals surface area (Å²) in [5.41, 5.74) is 8.66. The van der Waals surface area contributed by atoms with Gasteiger partial charge in [0.2, 0.25) is 0 Å². The highest BCUT2D eigenvalue weighted by Gasteiger charge is 2.15. The summed E-state index contributed by atoms with van der Waals surface area (Å²) in [7, 11) is 0. The van der Waals surface area contributed by atoms with Crippen molar-refractivity contribution >= 4 is 5.96 Å². The molecule has 0 unspecified atom stereocenters. The Hall–Kier alpha value is -1.59. The normalized spacial score (nSPS) is 21.0. The summed E-state index contributed by atoms with van der Waals surface area (Å²) in [6.45, 7) is 9.84. The van der Waals surface area contributed by atoms with Crippen molar-refractivity contribution in [1.29, 1.82) is 0 Å². The number of hydrogen-bond donors (Lipinski definition) is 2. The van der Waals surface area contributed by atoms with Crippen molar-refractivity contribution < 1.29 is 0 Å². The lowest BCUT2D eigenvalue weighted by molar-refractivity contribution is 0.132. The van der Waals surface area contributed by atoms with Crippen molar-refractivity contribution in [2.75, 3.05) is 32.7 Å². The van der Waals surface area contributed by atoms with Gasteiger partial charge in [-0.3, -0.25) is 4.90 Å². The maximum Gasteiger partial charge on any atom is 0.189 e. The Morgan fingerprint density at radius 1 is 1.00 bits per heavy atom. The van der Waals surface area contributed by atoms with Crippen molar-refractivity contribution in [3.05, 3.63) is 35.4 Å². The first-order chi connectivity index (χ1) is 12.7. The van der Waals surface area contributed by atoms with E-state index in [1.807, 2.05) is 0 Å². The van der Waals surface area contributed by atoms with Gasteiger partial charge in [0.25, 0.3) is 0 Å². The van der Waals surface area contributed by atoms with Crippen LogP contribution in [0.4, 0.5) is 0 Å². The summed E-state index contributed by atoms with van der Waals surface area (Å²) in [5.74, 6) is 0.592. The van der Waals surface area contributed by atoms with Gasteiger partial charge in [-0.1, -0.05) is 50.5 Å². The van der Waals surface area contributed by atoms with E-state index in [4.69, 9.17) is 5.73 Å². The van der Waals surface area contributed by atoms with Gasteiger partial charge < -0.3 is 16.0 Å².